The van der Waals surface area contributed by atoms with Crippen molar-refractivity contribution in [3.8, 4) is 0 Å². The summed E-state index contributed by atoms with van der Waals surface area (Å²) in [6.45, 7) is 0. The van der Waals surface area contributed by atoms with Crippen LogP contribution in [0.1, 0.15) is 54.1 Å². The van der Waals surface area contributed by atoms with Crippen LogP contribution in [-0.2, 0) is 0 Å². The molecule has 94 valence electrons. The summed E-state index contributed by atoms with van der Waals surface area (Å²) in [5, 5.41) is 9.09. The second-order valence-electron chi connectivity index (χ2n) is 4.83. The second kappa shape index (κ2) is 4.40. The number of fused-ring (bicyclic) bond motifs is 1. The number of aromatic carboxylic acids is 1. The number of rotatable bonds is 2. The SMILES string of the molecule is O=C(O)c1c[nH]c2ncc(C3CCCCC3)nc12. The lowest BCUT2D eigenvalue weighted by atomic mass is 9.87. The summed E-state index contributed by atoms with van der Waals surface area (Å²) in [5.41, 5.74) is 2.16. The molecule has 0 radical (unpaired) electrons. The Balaban J connectivity index is 2.03. The predicted molar refractivity (Wildman–Crippen MR) is 66.7 cm³/mol. The van der Waals surface area contributed by atoms with Crippen LogP contribution in [0.2, 0.25) is 0 Å². The number of hydrogen-bond donors (Lipinski definition) is 2. The zero-order chi connectivity index (χ0) is 12.5. The highest BCUT2D eigenvalue weighted by atomic mass is 16.4. The molecule has 2 N–H and O–H groups in total. The van der Waals surface area contributed by atoms with Crippen molar-refractivity contribution in [1.82, 2.24) is 15.0 Å². The number of aromatic nitrogens is 3. The van der Waals surface area contributed by atoms with Crippen molar-refractivity contribution in [1.29, 1.82) is 0 Å². The Morgan fingerprint density at radius 3 is 2.83 bits per heavy atom. The highest BCUT2D eigenvalue weighted by Crippen LogP contribution is 2.32. The molecule has 5 nitrogen and oxygen atoms in total. The van der Waals surface area contributed by atoms with E-state index in [1.165, 1.54) is 25.5 Å². The Morgan fingerprint density at radius 2 is 2.11 bits per heavy atom. The number of carboxylic acid groups (broad SMARTS) is 1. The monoisotopic (exact) mass is 245 g/mol. The van der Waals surface area contributed by atoms with E-state index in [4.69, 9.17) is 5.11 Å². The second-order valence-corrected chi connectivity index (χ2v) is 4.83. The van der Waals surface area contributed by atoms with Gasteiger partial charge in [0.1, 0.15) is 11.1 Å². The van der Waals surface area contributed by atoms with Gasteiger partial charge in [-0.2, -0.15) is 0 Å². The van der Waals surface area contributed by atoms with Crippen LogP contribution in [0.25, 0.3) is 11.2 Å². The van der Waals surface area contributed by atoms with Gasteiger partial charge < -0.3 is 10.1 Å². The summed E-state index contributed by atoms with van der Waals surface area (Å²) in [6.07, 6.45) is 9.24. The fourth-order valence-corrected chi connectivity index (χ4v) is 2.66. The number of nitrogens with zero attached hydrogens (tertiary/aromatic N) is 2. The molecule has 2 heterocycles. The van der Waals surface area contributed by atoms with E-state index in [-0.39, 0.29) is 5.56 Å². The fraction of sp³-hybridized carbons (Fsp3) is 0.462. The number of carbonyl (C=O) groups is 1. The Kier molecular flexibility index (Phi) is 2.74. The number of nitrogens with one attached hydrogen (secondary N) is 1. The molecular weight excluding hydrogens is 230 g/mol. The molecule has 5 heteroatoms. The van der Waals surface area contributed by atoms with Crippen LogP contribution in [-0.4, -0.2) is 26.0 Å². The standard InChI is InChI=1S/C13H15N3O2/c17-13(18)9-6-14-12-11(9)16-10(7-15-12)8-4-2-1-3-5-8/h6-8H,1-5H2,(H,14,15)(H,17,18). The molecule has 0 spiro atoms. The molecular formula is C13H15N3O2. The van der Waals surface area contributed by atoms with Crippen molar-refractivity contribution in [2.75, 3.05) is 0 Å². The maximum absolute atomic E-state index is 11.1. The zero-order valence-corrected chi connectivity index (χ0v) is 10.0. The molecule has 0 atom stereocenters. The van der Waals surface area contributed by atoms with Gasteiger partial charge in [0.05, 0.1) is 11.9 Å². The molecule has 1 saturated carbocycles. The minimum absolute atomic E-state index is 0.204. The molecule has 1 fully saturated rings. The summed E-state index contributed by atoms with van der Waals surface area (Å²) in [5.74, 6) is -0.525. The molecule has 2 aromatic rings. The van der Waals surface area contributed by atoms with E-state index in [2.05, 4.69) is 15.0 Å². The van der Waals surface area contributed by atoms with Gasteiger partial charge in [-0.25, -0.2) is 14.8 Å². The van der Waals surface area contributed by atoms with Crippen molar-refractivity contribution in [3.63, 3.8) is 0 Å². The van der Waals surface area contributed by atoms with Crippen LogP contribution in [0, 0.1) is 0 Å². The van der Waals surface area contributed by atoms with E-state index in [9.17, 15) is 4.79 Å². The Labute approximate surface area is 104 Å². The van der Waals surface area contributed by atoms with Crippen LogP contribution < -0.4 is 0 Å². The molecule has 0 aromatic carbocycles. The fourth-order valence-electron chi connectivity index (χ4n) is 2.66. The molecule has 0 bridgehead atoms. The highest BCUT2D eigenvalue weighted by Gasteiger charge is 2.19. The third-order valence-corrected chi connectivity index (χ3v) is 3.65. The van der Waals surface area contributed by atoms with E-state index < -0.39 is 5.97 Å². The van der Waals surface area contributed by atoms with Crippen molar-refractivity contribution in [2.24, 2.45) is 0 Å². The van der Waals surface area contributed by atoms with Gasteiger partial charge >= 0.3 is 5.97 Å². The van der Waals surface area contributed by atoms with Gasteiger partial charge in [-0.1, -0.05) is 19.3 Å². The van der Waals surface area contributed by atoms with Gasteiger partial charge in [0, 0.05) is 12.1 Å². The third-order valence-electron chi connectivity index (χ3n) is 3.65. The number of carboxylic acids is 1. The van der Waals surface area contributed by atoms with Crippen molar-refractivity contribution >= 4 is 17.1 Å². The predicted octanol–water partition coefficient (Wildman–Crippen LogP) is 2.70. The average molecular weight is 245 g/mol. The summed E-state index contributed by atoms with van der Waals surface area (Å²) in [6, 6.07) is 0. The Bertz CT molecular complexity index is 585. The molecule has 18 heavy (non-hydrogen) atoms. The van der Waals surface area contributed by atoms with Crippen molar-refractivity contribution in [3.05, 3.63) is 23.7 Å². The van der Waals surface area contributed by atoms with Gasteiger partial charge in [-0.3, -0.25) is 0 Å². The molecule has 0 amide bonds. The van der Waals surface area contributed by atoms with Gasteiger partial charge in [0.15, 0.2) is 5.65 Å². The highest BCUT2D eigenvalue weighted by molar-refractivity contribution is 6.00. The number of hydrogen-bond acceptors (Lipinski definition) is 3. The minimum atomic E-state index is -0.962. The van der Waals surface area contributed by atoms with Crippen LogP contribution in [0.5, 0.6) is 0 Å². The topological polar surface area (TPSA) is 78.9 Å². The van der Waals surface area contributed by atoms with Crippen molar-refractivity contribution in [2.45, 2.75) is 38.0 Å². The Morgan fingerprint density at radius 1 is 1.33 bits per heavy atom. The first-order valence-corrected chi connectivity index (χ1v) is 6.33. The lowest BCUT2D eigenvalue weighted by molar-refractivity contribution is 0.0699. The smallest absolute Gasteiger partial charge is 0.339 e. The van der Waals surface area contributed by atoms with Crippen LogP contribution in [0.15, 0.2) is 12.4 Å². The molecule has 2 aromatic heterocycles. The van der Waals surface area contributed by atoms with E-state index in [1.54, 1.807) is 6.20 Å². The number of H-pyrrole nitrogens is 1. The average Bonchev–Trinajstić information content (AvgIpc) is 2.82. The minimum Gasteiger partial charge on any atom is -0.478 e. The molecule has 1 aliphatic carbocycles. The molecule has 3 rings (SSSR count). The summed E-state index contributed by atoms with van der Waals surface area (Å²) >= 11 is 0. The first-order valence-electron chi connectivity index (χ1n) is 6.33. The zero-order valence-electron chi connectivity index (χ0n) is 10.0. The lowest BCUT2D eigenvalue weighted by Gasteiger charge is -2.20. The van der Waals surface area contributed by atoms with Gasteiger partial charge in [0.25, 0.3) is 0 Å². The van der Waals surface area contributed by atoms with E-state index in [0.29, 0.717) is 17.1 Å². The van der Waals surface area contributed by atoms with Crippen molar-refractivity contribution < 1.29 is 9.90 Å². The molecule has 1 aliphatic rings. The normalized spacial score (nSPS) is 17.1. The Hall–Kier alpha value is -1.91. The lowest BCUT2D eigenvalue weighted by Crippen LogP contribution is -2.07. The third kappa shape index (κ3) is 1.85. The van der Waals surface area contributed by atoms with Gasteiger partial charge in [-0.05, 0) is 12.8 Å². The first-order chi connectivity index (χ1) is 8.75. The quantitative estimate of drug-likeness (QED) is 0.852. The first kappa shape index (κ1) is 11.2. The van der Waals surface area contributed by atoms with E-state index >= 15 is 0 Å². The van der Waals surface area contributed by atoms with E-state index in [0.717, 1.165) is 18.5 Å². The van der Waals surface area contributed by atoms with Gasteiger partial charge in [0.2, 0.25) is 0 Å². The number of aromatic amines is 1. The maximum atomic E-state index is 11.1. The van der Waals surface area contributed by atoms with Crippen LogP contribution >= 0.6 is 0 Å². The van der Waals surface area contributed by atoms with Crippen LogP contribution in [0.3, 0.4) is 0 Å². The summed E-state index contributed by atoms with van der Waals surface area (Å²) in [4.78, 5) is 22.7. The molecule has 0 aliphatic heterocycles. The van der Waals surface area contributed by atoms with Crippen LogP contribution in [0.4, 0.5) is 0 Å². The summed E-state index contributed by atoms with van der Waals surface area (Å²) in [7, 11) is 0. The largest absolute Gasteiger partial charge is 0.478 e. The molecule has 0 unspecified atom stereocenters. The maximum Gasteiger partial charge on any atom is 0.339 e. The van der Waals surface area contributed by atoms with Gasteiger partial charge in [-0.15, -0.1) is 0 Å². The molecule has 0 saturated heterocycles. The van der Waals surface area contributed by atoms with E-state index in [1.807, 2.05) is 0 Å². The summed E-state index contributed by atoms with van der Waals surface area (Å²) < 4.78 is 0.